The van der Waals surface area contributed by atoms with Gasteiger partial charge >= 0.3 is 6.03 Å². The normalized spacial score (nSPS) is 18.0. The van der Waals surface area contributed by atoms with Crippen LogP contribution in [0.5, 0.6) is 0 Å². The molecular formula is C17H21N5O. The first-order valence-electron chi connectivity index (χ1n) is 7.76. The summed E-state index contributed by atoms with van der Waals surface area (Å²) in [5.74, 6) is 1.11. The second kappa shape index (κ2) is 6.24. The van der Waals surface area contributed by atoms with Crippen LogP contribution in [0, 0.1) is 6.92 Å². The molecule has 1 N–H and O–H groups in total. The van der Waals surface area contributed by atoms with Crippen molar-refractivity contribution in [2.45, 2.75) is 25.8 Å². The summed E-state index contributed by atoms with van der Waals surface area (Å²) < 4.78 is 0. The molecule has 1 aromatic heterocycles. The van der Waals surface area contributed by atoms with Gasteiger partial charge in [0, 0.05) is 24.8 Å². The summed E-state index contributed by atoms with van der Waals surface area (Å²) in [4.78, 5) is 25.2. The number of carbonyl (C=O) groups excluding carboxylic acids is 1. The third-order valence-electron chi connectivity index (χ3n) is 4.31. The van der Waals surface area contributed by atoms with Gasteiger partial charge in [0.1, 0.15) is 5.82 Å². The molecule has 0 saturated carbocycles. The number of aryl methyl sites for hydroxylation is 1. The number of rotatable bonds is 3. The van der Waals surface area contributed by atoms with E-state index in [2.05, 4.69) is 33.5 Å². The minimum absolute atomic E-state index is 0.119. The topological polar surface area (TPSA) is 60.8 Å². The highest BCUT2D eigenvalue weighted by Crippen LogP contribution is 2.32. The molecule has 1 fully saturated rings. The molecule has 4 rings (SSSR count). The van der Waals surface area contributed by atoms with Gasteiger partial charge in [-0.25, -0.2) is 14.8 Å². The number of hydrogen-bond acceptors (Lipinski definition) is 4. The van der Waals surface area contributed by atoms with Gasteiger partial charge in [0.15, 0.2) is 5.82 Å². The van der Waals surface area contributed by atoms with E-state index in [-0.39, 0.29) is 12.1 Å². The lowest BCUT2D eigenvalue weighted by Crippen LogP contribution is -2.44. The van der Waals surface area contributed by atoms with E-state index in [4.69, 9.17) is 0 Å². The summed E-state index contributed by atoms with van der Waals surface area (Å²) in [6, 6.07) is 5.44. The van der Waals surface area contributed by atoms with E-state index in [0.717, 1.165) is 37.3 Å². The summed E-state index contributed by atoms with van der Waals surface area (Å²) in [5.41, 5.74) is 1.72. The van der Waals surface area contributed by atoms with Gasteiger partial charge in [0.25, 0.3) is 0 Å². The predicted octanol–water partition coefficient (Wildman–Crippen LogP) is 2.76. The maximum atomic E-state index is 12.9. The highest BCUT2D eigenvalue weighted by atomic mass is 16.2. The molecule has 120 valence electrons. The smallest absolute Gasteiger partial charge is 0.328 e. The molecule has 0 aliphatic carbocycles. The van der Waals surface area contributed by atoms with Crippen molar-refractivity contribution in [3.05, 3.63) is 48.1 Å². The largest absolute Gasteiger partial charge is 0.368 e. The van der Waals surface area contributed by atoms with Crippen LogP contribution >= 0.6 is 0 Å². The van der Waals surface area contributed by atoms with Crippen molar-refractivity contribution in [2.75, 3.05) is 18.4 Å². The molecule has 3 aliphatic rings. The summed E-state index contributed by atoms with van der Waals surface area (Å²) in [5, 5.41) is 2.87. The minimum Gasteiger partial charge on any atom is -0.368 e. The minimum atomic E-state index is -0.224. The van der Waals surface area contributed by atoms with Crippen LogP contribution in [0.25, 0.3) is 0 Å². The van der Waals surface area contributed by atoms with Gasteiger partial charge in [-0.05, 0) is 44.7 Å². The number of anilines is 1. The van der Waals surface area contributed by atoms with E-state index >= 15 is 0 Å². The number of aliphatic imine (C=N–C) groups is 1. The first-order chi connectivity index (χ1) is 11.1. The van der Waals surface area contributed by atoms with E-state index in [1.54, 1.807) is 17.0 Å². The molecule has 0 unspecified atom stereocenters. The molecule has 3 aliphatic heterocycles. The molecule has 2 amide bonds. The maximum Gasteiger partial charge on any atom is 0.328 e. The van der Waals surface area contributed by atoms with Crippen LogP contribution in [0.2, 0.25) is 0 Å². The van der Waals surface area contributed by atoms with Gasteiger partial charge in [0.2, 0.25) is 0 Å². The number of pyridine rings is 1. The first-order valence-corrected chi connectivity index (χ1v) is 7.76. The van der Waals surface area contributed by atoms with Gasteiger partial charge in [-0.15, -0.1) is 0 Å². The number of carbonyl (C=O) groups is 1. The number of amides is 2. The first kappa shape index (κ1) is 15.3. The van der Waals surface area contributed by atoms with Crippen molar-refractivity contribution in [2.24, 2.45) is 4.99 Å². The van der Waals surface area contributed by atoms with Gasteiger partial charge in [0.05, 0.1) is 5.70 Å². The van der Waals surface area contributed by atoms with Gasteiger partial charge < -0.3 is 4.90 Å². The molecule has 23 heavy (non-hydrogen) atoms. The lowest BCUT2D eigenvalue weighted by Gasteiger charge is -2.32. The maximum absolute atomic E-state index is 12.9. The third-order valence-corrected chi connectivity index (χ3v) is 4.31. The monoisotopic (exact) mass is 311 g/mol. The molecule has 0 spiro atoms. The van der Waals surface area contributed by atoms with Crippen LogP contribution in [0.15, 0.2) is 47.4 Å². The van der Waals surface area contributed by atoms with Crippen LogP contribution in [0.4, 0.5) is 10.6 Å². The van der Waals surface area contributed by atoms with Crippen molar-refractivity contribution in [1.82, 2.24) is 14.8 Å². The number of piperidine rings is 1. The Hall–Kier alpha value is -2.63. The highest BCUT2D eigenvalue weighted by molar-refractivity contribution is 5.90. The van der Waals surface area contributed by atoms with Crippen LogP contribution < -0.4 is 5.32 Å². The van der Waals surface area contributed by atoms with Gasteiger partial charge in [-0.3, -0.25) is 10.2 Å². The van der Waals surface area contributed by atoms with Crippen LogP contribution in [-0.4, -0.2) is 46.7 Å². The fraction of sp³-hybridized carbons (Fsp3) is 0.353. The van der Waals surface area contributed by atoms with Crippen LogP contribution in [-0.2, 0) is 0 Å². The number of allylic oxidation sites excluding steroid dienone is 1. The van der Waals surface area contributed by atoms with E-state index in [0.29, 0.717) is 11.6 Å². The van der Waals surface area contributed by atoms with Crippen LogP contribution in [0.1, 0.15) is 18.5 Å². The molecule has 4 heterocycles. The lowest BCUT2D eigenvalue weighted by molar-refractivity contribution is 0.184. The molecule has 0 radical (unpaired) electrons. The summed E-state index contributed by atoms with van der Waals surface area (Å²) in [7, 11) is 0. The van der Waals surface area contributed by atoms with E-state index in [9.17, 15) is 4.79 Å². The average Bonchev–Trinajstić information content (AvgIpc) is 2.79. The fourth-order valence-electron chi connectivity index (χ4n) is 3.22. The summed E-state index contributed by atoms with van der Waals surface area (Å²) in [6.07, 6.45) is 3.57. The highest BCUT2D eigenvalue weighted by Gasteiger charge is 2.36. The van der Waals surface area contributed by atoms with Crippen molar-refractivity contribution in [3.63, 3.8) is 0 Å². The second-order valence-electron chi connectivity index (χ2n) is 5.75. The summed E-state index contributed by atoms with van der Waals surface area (Å²) in [6.45, 7) is 11.2. The van der Waals surface area contributed by atoms with Crippen molar-refractivity contribution < 1.29 is 4.79 Å². The number of hydrogen-bond donors (Lipinski definition) is 1. The van der Waals surface area contributed by atoms with Gasteiger partial charge in [-0.1, -0.05) is 12.6 Å². The second-order valence-corrected chi connectivity index (χ2v) is 5.75. The Morgan fingerprint density at radius 1 is 1.43 bits per heavy atom. The van der Waals surface area contributed by atoms with Crippen LogP contribution in [0.3, 0.4) is 0 Å². The SMILES string of the molecule is C=CC1=C(N=C)N(C(=O)Nc2cccc(C)n2)C2CCN1CC2. The Labute approximate surface area is 136 Å². The quantitative estimate of drug-likeness (QED) is 0.873. The number of aromatic nitrogens is 1. The lowest BCUT2D eigenvalue weighted by atomic mass is 10.1. The Bertz CT molecular complexity index is 673. The standard InChI is InChI=1S/C17H21N5O/c1-4-14-16(18-3)22(13-8-10-21(14)11-9-13)17(23)20-15-7-5-6-12(2)19-15/h4-7,13H,1,3,8-11H2,2H3,(H,19,20,23). The number of urea groups is 1. The Kier molecular flexibility index (Phi) is 4.14. The molecule has 6 heteroatoms. The fourth-order valence-corrected chi connectivity index (χ4v) is 3.22. The molecule has 1 aromatic rings. The zero-order valence-corrected chi connectivity index (χ0v) is 13.3. The van der Waals surface area contributed by atoms with Crippen molar-refractivity contribution in [1.29, 1.82) is 0 Å². The van der Waals surface area contributed by atoms with Crippen molar-refractivity contribution in [3.8, 4) is 0 Å². The summed E-state index contributed by atoms with van der Waals surface area (Å²) >= 11 is 0. The number of nitrogens with one attached hydrogen (secondary N) is 1. The third kappa shape index (κ3) is 2.84. The van der Waals surface area contributed by atoms with E-state index in [1.165, 1.54) is 0 Å². The zero-order chi connectivity index (χ0) is 16.4. The number of nitrogens with zero attached hydrogens (tertiary/aromatic N) is 4. The molecule has 0 atom stereocenters. The molecule has 1 saturated heterocycles. The molecule has 0 aromatic carbocycles. The van der Waals surface area contributed by atoms with E-state index in [1.807, 2.05) is 19.1 Å². The zero-order valence-electron chi connectivity index (χ0n) is 13.3. The predicted molar refractivity (Wildman–Crippen MR) is 91.2 cm³/mol. The molecule has 2 bridgehead atoms. The molecule has 6 nitrogen and oxygen atoms in total. The average molecular weight is 311 g/mol. The van der Waals surface area contributed by atoms with Crippen molar-refractivity contribution >= 4 is 18.6 Å². The Morgan fingerprint density at radius 3 is 2.78 bits per heavy atom. The molecular weight excluding hydrogens is 290 g/mol. The Morgan fingerprint density at radius 2 is 2.17 bits per heavy atom. The van der Waals surface area contributed by atoms with E-state index < -0.39 is 0 Å². The number of fused-ring (bicyclic) bond motifs is 3. The Balaban J connectivity index is 1.93. The van der Waals surface area contributed by atoms with Gasteiger partial charge in [-0.2, -0.15) is 0 Å².